The van der Waals surface area contributed by atoms with Crippen LogP contribution in [0.3, 0.4) is 0 Å². The van der Waals surface area contributed by atoms with E-state index in [-0.39, 0.29) is 27.7 Å². The zero-order valence-electron chi connectivity index (χ0n) is 16.9. The number of rotatable bonds is 7. The topological polar surface area (TPSA) is 101 Å². The van der Waals surface area contributed by atoms with Gasteiger partial charge in [-0.1, -0.05) is 54.9 Å². The molecule has 1 aromatic heterocycles. The van der Waals surface area contributed by atoms with Crippen molar-refractivity contribution in [1.82, 2.24) is 14.1 Å². The fourth-order valence-electron chi connectivity index (χ4n) is 3.34. The van der Waals surface area contributed by atoms with Gasteiger partial charge in [0.25, 0.3) is 15.9 Å². The van der Waals surface area contributed by atoms with Crippen LogP contribution in [0.5, 0.6) is 0 Å². The Kier molecular flexibility index (Phi) is 6.40. The molecule has 2 N–H and O–H groups in total. The molecule has 3 aromatic carbocycles. The van der Waals surface area contributed by atoms with Crippen LogP contribution in [0.15, 0.2) is 71.6 Å². The quantitative estimate of drug-likeness (QED) is 0.381. The molecule has 0 aliphatic carbocycles. The van der Waals surface area contributed by atoms with Gasteiger partial charge in [-0.2, -0.15) is 8.75 Å². The van der Waals surface area contributed by atoms with E-state index in [0.29, 0.717) is 17.0 Å². The van der Waals surface area contributed by atoms with Gasteiger partial charge < -0.3 is 5.32 Å². The van der Waals surface area contributed by atoms with Crippen LogP contribution in [0.4, 0.5) is 5.69 Å². The van der Waals surface area contributed by atoms with Gasteiger partial charge in [-0.3, -0.25) is 9.52 Å². The first kappa shape index (κ1) is 22.2. The van der Waals surface area contributed by atoms with Crippen molar-refractivity contribution in [2.24, 2.45) is 0 Å². The van der Waals surface area contributed by atoms with Gasteiger partial charge >= 0.3 is 0 Å². The molecule has 0 fully saturated rings. The number of fused-ring (bicyclic) bond motifs is 1. The van der Waals surface area contributed by atoms with E-state index >= 15 is 0 Å². The van der Waals surface area contributed by atoms with E-state index in [4.69, 9.17) is 11.6 Å². The second kappa shape index (κ2) is 9.23. The highest BCUT2D eigenvalue weighted by Gasteiger charge is 2.23. The Hall–Kier alpha value is -3.01. The van der Waals surface area contributed by atoms with Gasteiger partial charge in [0.05, 0.1) is 29.0 Å². The first-order valence-electron chi connectivity index (χ1n) is 9.78. The summed E-state index contributed by atoms with van der Waals surface area (Å²) in [5, 5.41) is 3.27. The highest BCUT2D eigenvalue weighted by Crippen LogP contribution is 2.28. The van der Waals surface area contributed by atoms with Crippen molar-refractivity contribution in [2.45, 2.75) is 24.3 Å². The number of nitrogens with zero attached hydrogens (tertiary/aromatic N) is 2. The van der Waals surface area contributed by atoms with Crippen molar-refractivity contribution < 1.29 is 13.2 Å². The van der Waals surface area contributed by atoms with E-state index in [9.17, 15) is 13.2 Å². The first-order valence-corrected chi connectivity index (χ1v) is 12.4. The van der Waals surface area contributed by atoms with Crippen molar-refractivity contribution in [1.29, 1.82) is 0 Å². The molecule has 4 rings (SSSR count). The molecule has 1 amide bonds. The SMILES string of the molecule is CCC(NC(=O)c1ccc(Cl)cc1NS(=O)(=O)c1cccc2nsnc12)c1ccccc1. The van der Waals surface area contributed by atoms with Crippen LogP contribution in [0.2, 0.25) is 5.02 Å². The van der Waals surface area contributed by atoms with E-state index in [2.05, 4.69) is 18.8 Å². The molecule has 0 radical (unpaired) electrons. The number of nitrogens with one attached hydrogen (secondary N) is 2. The summed E-state index contributed by atoms with van der Waals surface area (Å²) in [6.07, 6.45) is 0.670. The average Bonchev–Trinajstić information content (AvgIpc) is 3.26. The van der Waals surface area contributed by atoms with Crippen molar-refractivity contribution in [2.75, 3.05) is 4.72 Å². The number of benzene rings is 3. The minimum absolute atomic E-state index is 0.0224. The molecular weight excluding hydrogens is 468 g/mol. The predicted molar refractivity (Wildman–Crippen MR) is 127 cm³/mol. The number of aromatic nitrogens is 2. The molecule has 0 bridgehead atoms. The lowest BCUT2D eigenvalue weighted by Crippen LogP contribution is -2.29. The van der Waals surface area contributed by atoms with E-state index < -0.39 is 15.9 Å². The molecule has 1 unspecified atom stereocenters. The number of amides is 1. The maximum absolute atomic E-state index is 13.2. The fourth-order valence-corrected chi connectivity index (χ4v) is 5.35. The molecule has 32 heavy (non-hydrogen) atoms. The van der Waals surface area contributed by atoms with Crippen LogP contribution in [-0.2, 0) is 10.0 Å². The van der Waals surface area contributed by atoms with Crippen LogP contribution in [0.1, 0.15) is 35.3 Å². The molecular formula is C22H19ClN4O3S2. The van der Waals surface area contributed by atoms with E-state index in [1.165, 1.54) is 18.2 Å². The lowest BCUT2D eigenvalue weighted by atomic mass is 10.0. The summed E-state index contributed by atoms with van der Waals surface area (Å²) in [7, 11) is -4.05. The minimum atomic E-state index is -4.05. The van der Waals surface area contributed by atoms with Crippen LogP contribution in [-0.4, -0.2) is 23.1 Å². The number of halogens is 1. The molecule has 7 nitrogen and oxygen atoms in total. The van der Waals surface area contributed by atoms with Gasteiger partial charge in [0.1, 0.15) is 15.9 Å². The Morgan fingerprint density at radius 2 is 1.84 bits per heavy atom. The van der Waals surface area contributed by atoms with Gasteiger partial charge in [-0.25, -0.2) is 8.42 Å². The second-order valence-corrected chi connectivity index (χ2v) is 9.64. The van der Waals surface area contributed by atoms with Crippen molar-refractivity contribution in [3.63, 3.8) is 0 Å². The summed E-state index contributed by atoms with van der Waals surface area (Å²) >= 11 is 7.05. The smallest absolute Gasteiger partial charge is 0.264 e. The Morgan fingerprint density at radius 3 is 2.59 bits per heavy atom. The Labute approximate surface area is 194 Å². The Balaban J connectivity index is 1.66. The summed E-state index contributed by atoms with van der Waals surface area (Å²) in [5.74, 6) is -0.413. The van der Waals surface area contributed by atoms with Crippen LogP contribution < -0.4 is 10.0 Å². The number of carbonyl (C=O) groups is 1. The molecule has 0 spiro atoms. The zero-order chi connectivity index (χ0) is 22.7. The number of anilines is 1. The maximum Gasteiger partial charge on any atom is 0.264 e. The van der Waals surface area contributed by atoms with Gasteiger partial charge in [0.2, 0.25) is 0 Å². The predicted octanol–water partition coefficient (Wildman–Crippen LogP) is 5.03. The number of hydrogen-bond acceptors (Lipinski definition) is 6. The van der Waals surface area contributed by atoms with Crippen molar-refractivity contribution in [3.8, 4) is 0 Å². The van der Waals surface area contributed by atoms with Gasteiger partial charge in [0, 0.05) is 5.02 Å². The van der Waals surface area contributed by atoms with Crippen LogP contribution in [0.25, 0.3) is 11.0 Å². The zero-order valence-corrected chi connectivity index (χ0v) is 19.3. The monoisotopic (exact) mass is 486 g/mol. The standard InChI is InChI=1S/C22H19ClN4O3S2/c1-2-17(14-7-4-3-5-8-14)24-22(28)16-12-11-15(23)13-19(16)27-32(29,30)20-10-6-9-18-21(20)26-31-25-18/h3-13,17,27H,2H2,1H3,(H,24,28). The molecule has 4 aromatic rings. The molecule has 1 atom stereocenters. The molecule has 0 saturated carbocycles. The average molecular weight is 487 g/mol. The third-order valence-corrected chi connectivity index (χ3v) is 7.10. The number of hydrogen-bond donors (Lipinski definition) is 2. The summed E-state index contributed by atoms with van der Waals surface area (Å²) in [4.78, 5) is 13.1. The highest BCUT2D eigenvalue weighted by molar-refractivity contribution is 7.93. The van der Waals surface area contributed by atoms with Crippen LogP contribution >= 0.6 is 23.3 Å². The molecule has 0 aliphatic rings. The van der Waals surface area contributed by atoms with Crippen molar-refractivity contribution in [3.05, 3.63) is 82.9 Å². The number of sulfonamides is 1. The fraction of sp³-hybridized carbons (Fsp3) is 0.136. The van der Waals surface area contributed by atoms with Gasteiger partial charge in [-0.15, -0.1) is 0 Å². The van der Waals surface area contributed by atoms with E-state index in [1.54, 1.807) is 18.2 Å². The summed E-state index contributed by atoms with van der Waals surface area (Å²) in [5.41, 5.74) is 1.96. The summed E-state index contributed by atoms with van der Waals surface area (Å²) in [6, 6.07) is 18.5. The van der Waals surface area contributed by atoms with Crippen LogP contribution in [0, 0.1) is 0 Å². The largest absolute Gasteiger partial charge is 0.345 e. The summed E-state index contributed by atoms with van der Waals surface area (Å²) in [6.45, 7) is 1.96. The highest BCUT2D eigenvalue weighted by atomic mass is 35.5. The molecule has 0 aliphatic heterocycles. The maximum atomic E-state index is 13.2. The van der Waals surface area contributed by atoms with E-state index in [0.717, 1.165) is 17.3 Å². The van der Waals surface area contributed by atoms with Gasteiger partial charge in [0.15, 0.2) is 0 Å². The normalized spacial score (nSPS) is 12.4. The molecule has 0 saturated heterocycles. The Morgan fingerprint density at radius 1 is 1.06 bits per heavy atom. The molecule has 1 heterocycles. The Bertz CT molecular complexity index is 1370. The third-order valence-electron chi connectivity index (χ3n) is 4.92. The number of carbonyl (C=O) groups excluding carboxylic acids is 1. The molecule has 164 valence electrons. The third kappa shape index (κ3) is 4.59. The van der Waals surface area contributed by atoms with Gasteiger partial charge in [-0.05, 0) is 42.3 Å². The second-order valence-electron chi connectivity index (χ2n) is 7.03. The minimum Gasteiger partial charge on any atom is -0.345 e. The summed E-state index contributed by atoms with van der Waals surface area (Å²) < 4.78 is 37.0. The lowest BCUT2D eigenvalue weighted by molar-refractivity contribution is 0.0936. The molecule has 10 heteroatoms. The van der Waals surface area contributed by atoms with E-state index in [1.807, 2.05) is 37.3 Å². The first-order chi connectivity index (χ1) is 15.4. The van der Waals surface area contributed by atoms with Crippen molar-refractivity contribution >= 4 is 56.0 Å². The lowest BCUT2D eigenvalue weighted by Gasteiger charge is -2.19.